The van der Waals surface area contributed by atoms with Crippen LogP contribution in [0.3, 0.4) is 0 Å². The van der Waals surface area contributed by atoms with Crippen LogP contribution in [0.25, 0.3) is 0 Å². The Kier molecular flexibility index (Phi) is 3.62. The van der Waals surface area contributed by atoms with Gasteiger partial charge in [0.2, 0.25) is 0 Å². The van der Waals surface area contributed by atoms with Crippen molar-refractivity contribution in [1.82, 2.24) is 5.32 Å². The lowest BCUT2D eigenvalue weighted by atomic mass is 9.90. The summed E-state index contributed by atoms with van der Waals surface area (Å²) in [5.41, 5.74) is 10.3. The Hall–Kier alpha value is -0.860. The molecule has 1 heterocycles. The van der Waals surface area contributed by atoms with Crippen molar-refractivity contribution >= 4 is 0 Å². The molecule has 0 amide bonds. The van der Waals surface area contributed by atoms with Crippen molar-refractivity contribution in [3.8, 4) is 0 Å². The van der Waals surface area contributed by atoms with Crippen molar-refractivity contribution in [3.05, 3.63) is 34.9 Å². The lowest BCUT2D eigenvalue weighted by molar-refractivity contribution is 0.353. The predicted octanol–water partition coefficient (Wildman–Crippen LogP) is 2.45. The standard InChI is InChI=1S/C14H22N2/c1-10-6-7-12(11(2)9-10)14(15)13-5-3-4-8-16-13/h6-7,9,13-14,16H,3-5,8,15H2,1-2H3. The van der Waals surface area contributed by atoms with Gasteiger partial charge < -0.3 is 11.1 Å². The molecule has 0 bridgehead atoms. The van der Waals surface area contributed by atoms with Gasteiger partial charge in [0, 0.05) is 12.1 Å². The van der Waals surface area contributed by atoms with Crippen LogP contribution in [0.2, 0.25) is 0 Å². The Morgan fingerprint density at radius 2 is 2.12 bits per heavy atom. The molecule has 1 aliphatic rings. The van der Waals surface area contributed by atoms with Crippen LogP contribution in [0.5, 0.6) is 0 Å². The fourth-order valence-electron chi connectivity index (χ4n) is 2.60. The number of nitrogens with one attached hydrogen (secondary N) is 1. The SMILES string of the molecule is Cc1ccc(C(N)C2CCCCN2)c(C)c1. The topological polar surface area (TPSA) is 38.0 Å². The van der Waals surface area contributed by atoms with E-state index in [9.17, 15) is 0 Å². The summed E-state index contributed by atoms with van der Waals surface area (Å²) in [7, 11) is 0. The first kappa shape index (κ1) is 11.6. The molecule has 2 unspecified atom stereocenters. The molecule has 1 aliphatic heterocycles. The van der Waals surface area contributed by atoms with E-state index in [1.165, 1.54) is 36.0 Å². The molecule has 0 aliphatic carbocycles. The summed E-state index contributed by atoms with van der Waals surface area (Å²) < 4.78 is 0. The highest BCUT2D eigenvalue weighted by Crippen LogP contribution is 2.24. The zero-order valence-corrected chi connectivity index (χ0v) is 10.3. The third-order valence-electron chi connectivity index (χ3n) is 3.57. The van der Waals surface area contributed by atoms with Crippen LogP contribution in [0, 0.1) is 13.8 Å². The summed E-state index contributed by atoms with van der Waals surface area (Å²) in [6.07, 6.45) is 3.79. The molecule has 1 aromatic rings. The number of hydrogen-bond donors (Lipinski definition) is 2. The van der Waals surface area contributed by atoms with E-state index < -0.39 is 0 Å². The lowest BCUT2D eigenvalue weighted by Gasteiger charge is -2.30. The van der Waals surface area contributed by atoms with Crippen LogP contribution in [-0.2, 0) is 0 Å². The first-order chi connectivity index (χ1) is 7.68. The molecule has 0 radical (unpaired) electrons. The summed E-state index contributed by atoms with van der Waals surface area (Å²) in [6.45, 7) is 5.40. The minimum atomic E-state index is 0.140. The Labute approximate surface area is 98.2 Å². The van der Waals surface area contributed by atoms with Gasteiger partial charge in [0.25, 0.3) is 0 Å². The van der Waals surface area contributed by atoms with Gasteiger partial charge in [-0.3, -0.25) is 0 Å². The second-order valence-electron chi connectivity index (χ2n) is 4.94. The van der Waals surface area contributed by atoms with Crippen LogP contribution in [-0.4, -0.2) is 12.6 Å². The van der Waals surface area contributed by atoms with Gasteiger partial charge >= 0.3 is 0 Å². The smallest absolute Gasteiger partial charge is 0.0453 e. The van der Waals surface area contributed by atoms with Gasteiger partial charge in [-0.05, 0) is 44.4 Å². The van der Waals surface area contributed by atoms with Crippen molar-refractivity contribution in [2.75, 3.05) is 6.54 Å². The number of aryl methyl sites for hydroxylation is 2. The summed E-state index contributed by atoms with van der Waals surface area (Å²) in [5, 5.41) is 3.53. The molecular weight excluding hydrogens is 196 g/mol. The molecular formula is C14H22N2. The number of piperidine rings is 1. The molecule has 2 nitrogen and oxygen atoms in total. The van der Waals surface area contributed by atoms with E-state index >= 15 is 0 Å². The van der Waals surface area contributed by atoms with Gasteiger partial charge in [-0.25, -0.2) is 0 Å². The molecule has 1 saturated heterocycles. The highest BCUT2D eigenvalue weighted by atomic mass is 15.0. The van der Waals surface area contributed by atoms with E-state index in [0.29, 0.717) is 6.04 Å². The number of rotatable bonds is 2. The number of nitrogens with two attached hydrogens (primary N) is 1. The van der Waals surface area contributed by atoms with Gasteiger partial charge in [-0.15, -0.1) is 0 Å². The molecule has 2 rings (SSSR count). The molecule has 16 heavy (non-hydrogen) atoms. The van der Waals surface area contributed by atoms with Crippen LogP contribution in [0.1, 0.15) is 42.0 Å². The van der Waals surface area contributed by atoms with Crippen LogP contribution >= 0.6 is 0 Å². The summed E-state index contributed by atoms with van der Waals surface area (Å²) in [4.78, 5) is 0. The molecule has 88 valence electrons. The Morgan fingerprint density at radius 3 is 2.75 bits per heavy atom. The molecule has 1 aromatic carbocycles. The number of hydrogen-bond acceptors (Lipinski definition) is 2. The Bertz CT molecular complexity index is 354. The van der Waals surface area contributed by atoms with Gasteiger partial charge in [-0.1, -0.05) is 30.2 Å². The average molecular weight is 218 g/mol. The fourth-order valence-corrected chi connectivity index (χ4v) is 2.60. The zero-order chi connectivity index (χ0) is 11.5. The van der Waals surface area contributed by atoms with E-state index in [-0.39, 0.29) is 6.04 Å². The molecule has 0 spiro atoms. The van der Waals surface area contributed by atoms with Crippen LogP contribution < -0.4 is 11.1 Å². The van der Waals surface area contributed by atoms with E-state index in [2.05, 4.69) is 37.4 Å². The summed E-state index contributed by atoms with van der Waals surface area (Å²) in [6, 6.07) is 7.16. The van der Waals surface area contributed by atoms with Crippen LogP contribution in [0.4, 0.5) is 0 Å². The monoisotopic (exact) mass is 218 g/mol. The van der Waals surface area contributed by atoms with Crippen molar-refractivity contribution in [1.29, 1.82) is 0 Å². The molecule has 1 fully saturated rings. The van der Waals surface area contributed by atoms with Gasteiger partial charge in [0.15, 0.2) is 0 Å². The maximum Gasteiger partial charge on any atom is 0.0453 e. The molecule has 2 heteroatoms. The Morgan fingerprint density at radius 1 is 1.31 bits per heavy atom. The lowest BCUT2D eigenvalue weighted by Crippen LogP contribution is -2.42. The normalized spacial score (nSPS) is 23.1. The summed E-state index contributed by atoms with van der Waals surface area (Å²) in [5.74, 6) is 0. The van der Waals surface area contributed by atoms with E-state index in [0.717, 1.165) is 6.54 Å². The first-order valence-electron chi connectivity index (χ1n) is 6.24. The van der Waals surface area contributed by atoms with E-state index in [1.807, 2.05) is 0 Å². The largest absolute Gasteiger partial charge is 0.323 e. The fraction of sp³-hybridized carbons (Fsp3) is 0.571. The minimum Gasteiger partial charge on any atom is -0.323 e. The quantitative estimate of drug-likeness (QED) is 0.800. The van der Waals surface area contributed by atoms with E-state index in [4.69, 9.17) is 5.73 Å². The van der Waals surface area contributed by atoms with E-state index in [1.54, 1.807) is 0 Å². The predicted molar refractivity (Wildman–Crippen MR) is 68.5 cm³/mol. The Balaban J connectivity index is 2.15. The second kappa shape index (κ2) is 4.98. The van der Waals surface area contributed by atoms with Crippen molar-refractivity contribution in [2.24, 2.45) is 5.73 Å². The summed E-state index contributed by atoms with van der Waals surface area (Å²) >= 11 is 0. The highest BCUT2D eigenvalue weighted by molar-refractivity contribution is 5.33. The van der Waals surface area contributed by atoms with Gasteiger partial charge in [0.05, 0.1) is 0 Å². The number of benzene rings is 1. The molecule has 0 saturated carbocycles. The maximum atomic E-state index is 6.36. The van der Waals surface area contributed by atoms with Gasteiger partial charge in [-0.2, -0.15) is 0 Å². The van der Waals surface area contributed by atoms with Gasteiger partial charge in [0.1, 0.15) is 0 Å². The van der Waals surface area contributed by atoms with Crippen molar-refractivity contribution in [2.45, 2.75) is 45.2 Å². The van der Waals surface area contributed by atoms with Crippen molar-refractivity contribution < 1.29 is 0 Å². The maximum absolute atomic E-state index is 6.36. The first-order valence-corrected chi connectivity index (χ1v) is 6.24. The zero-order valence-electron chi connectivity index (χ0n) is 10.3. The average Bonchev–Trinajstić information content (AvgIpc) is 2.29. The molecule has 2 atom stereocenters. The molecule has 0 aromatic heterocycles. The minimum absolute atomic E-state index is 0.140. The van der Waals surface area contributed by atoms with Crippen molar-refractivity contribution in [3.63, 3.8) is 0 Å². The second-order valence-corrected chi connectivity index (χ2v) is 4.94. The van der Waals surface area contributed by atoms with Crippen LogP contribution in [0.15, 0.2) is 18.2 Å². The third-order valence-corrected chi connectivity index (χ3v) is 3.57. The third kappa shape index (κ3) is 2.45. The molecule has 3 N–H and O–H groups in total. The highest BCUT2D eigenvalue weighted by Gasteiger charge is 2.22.